The Hall–Kier alpha value is -4.22. The largest absolute Gasteiger partial charge is 0.416 e. The summed E-state index contributed by atoms with van der Waals surface area (Å²) in [5.74, 6) is -1.75. The first-order valence-electron chi connectivity index (χ1n) is 11.6. The molecule has 2 bridgehead atoms. The van der Waals surface area contributed by atoms with Gasteiger partial charge in [0.2, 0.25) is 11.8 Å². The van der Waals surface area contributed by atoms with Crippen LogP contribution < -0.4 is 10.6 Å². The van der Waals surface area contributed by atoms with E-state index in [9.17, 15) is 37.7 Å². The summed E-state index contributed by atoms with van der Waals surface area (Å²) in [6, 6.07) is 7.62. The first kappa shape index (κ1) is 24.5. The number of likely N-dealkylation sites (tertiary alicyclic amines) is 1. The number of carbonyl (C=O) groups excluding carboxylic acids is 3. The van der Waals surface area contributed by atoms with Crippen molar-refractivity contribution >= 4 is 34.8 Å². The lowest BCUT2D eigenvalue weighted by Gasteiger charge is -2.18. The third-order valence-corrected chi connectivity index (χ3v) is 7.12. The zero-order valence-electron chi connectivity index (χ0n) is 19.2. The van der Waals surface area contributed by atoms with Gasteiger partial charge in [-0.3, -0.25) is 29.4 Å². The minimum atomic E-state index is -4.59. The topological polar surface area (TPSA) is 122 Å². The van der Waals surface area contributed by atoms with Gasteiger partial charge in [0, 0.05) is 30.4 Å². The number of amides is 3. The predicted molar refractivity (Wildman–Crippen MR) is 125 cm³/mol. The summed E-state index contributed by atoms with van der Waals surface area (Å²) < 4.78 is 38.7. The summed E-state index contributed by atoms with van der Waals surface area (Å²) in [6.45, 7) is 0.106. The average molecular weight is 514 g/mol. The summed E-state index contributed by atoms with van der Waals surface area (Å²) in [7, 11) is 0. The van der Waals surface area contributed by atoms with Gasteiger partial charge < -0.3 is 10.6 Å². The number of alkyl halides is 3. The molecule has 9 nitrogen and oxygen atoms in total. The molecule has 3 amide bonds. The van der Waals surface area contributed by atoms with Crippen LogP contribution >= 0.6 is 0 Å². The number of anilines is 2. The number of benzene rings is 2. The maximum absolute atomic E-state index is 12.9. The zero-order valence-corrected chi connectivity index (χ0v) is 19.2. The molecular weight excluding hydrogens is 493 g/mol. The molecule has 5 rings (SSSR count). The second kappa shape index (κ2) is 9.02. The van der Waals surface area contributed by atoms with Crippen molar-refractivity contribution in [2.75, 3.05) is 23.7 Å². The molecule has 1 aliphatic heterocycles. The third kappa shape index (κ3) is 4.43. The van der Waals surface area contributed by atoms with Crippen LogP contribution in [0.1, 0.15) is 22.3 Å². The van der Waals surface area contributed by atoms with Crippen LogP contribution in [-0.4, -0.2) is 40.6 Å². The van der Waals surface area contributed by atoms with Crippen LogP contribution in [-0.2, 0) is 15.8 Å². The van der Waals surface area contributed by atoms with E-state index in [1.807, 2.05) is 12.2 Å². The molecule has 2 fully saturated rings. The SMILES string of the molecule is O=C(Nc1cccc(C(F)(F)F)c1)c1ccc(NCCN2C(=O)C3C4C=CC(C4)C3C2=O)c([N+](=O)[O-])c1. The van der Waals surface area contributed by atoms with Crippen molar-refractivity contribution in [1.29, 1.82) is 0 Å². The van der Waals surface area contributed by atoms with Crippen molar-refractivity contribution in [1.82, 2.24) is 4.90 Å². The highest BCUT2D eigenvalue weighted by atomic mass is 19.4. The highest BCUT2D eigenvalue weighted by Gasteiger charge is 2.58. The van der Waals surface area contributed by atoms with Gasteiger partial charge in [-0.15, -0.1) is 0 Å². The van der Waals surface area contributed by atoms with Gasteiger partial charge in [-0.25, -0.2) is 0 Å². The number of hydrogen-bond acceptors (Lipinski definition) is 6. The van der Waals surface area contributed by atoms with E-state index < -0.39 is 28.3 Å². The van der Waals surface area contributed by atoms with E-state index in [0.717, 1.165) is 30.7 Å². The maximum Gasteiger partial charge on any atom is 0.416 e. The highest BCUT2D eigenvalue weighted by Crippen LogP contribution is 2.52. The Morgan fingerprint density at radius 3 is 2.35 bits per heavy atom. The van der Waals surface area contributed by atoms with Crippen LogP contribution in [0.2, 0.25) is 0 Å². The molecule has 2 N–H and O–H groups in total. The van der Waals surface area contributed by atoms with Crippen LogP contribution in [0.3, 0.4) is 0 Å². The molecule has 2 aromatic carbocycles. The second-order valence-electron chi connectivity index (χ2n) is 9.28. The molecule has 37 heavy (non-hydrogen) atoms. The number of nitrogens with one attached hydrogen (secondary N) is 2. The number of halogens is 3. The molecule has 1 saturated carbocycles. The fraction of sp³-hybridized carbons (Fsp3) is 0.320. The Labute approximate surface area is 208 Å². The number of allylic oxidation sites excluding steroid dienone is 2. The zero-order chi connectivity index (χ0) is 26.5. The average Bonchev–Trinajstić information content (AvgIpc) is 3.53. The fourth-order valence-electron chi connectivity index (χ4n) is 5.44. The lowest BCUT2D eigenvalue weighted by Crippen LogP contribution is -2.36. The molecule has 0 aromatic heterocycles. The molecule has 0 radical (unpaired) electrons. The summed E-state index contributed by atoms with van der Waals surface area (Å²) in [5, 5.41) is 16.8. The molecule has 4 unspecified atom stereocenters. The van der Waals surface area contributed by atoms with Gasteiger partial charge >= 0.3 is 6.18 Å². The third-order valence-electron chi connectivity index (χ3n) is 7.12. The number of nitro groups is 1. The number of imide groups is 1. The standard InChI is InChI=1S/C25H21F3N4O5/c26-25(27,28)16-2-1-3-17(12-16)30-22(33)15-6-7-18(19(11-15)32(36)37)29-8-9-31-23(34)20-13-4-5-14(10-13)21(20)24(31)35/h1-7,11-14,20-21,29H,8-10H2,(H,30,33). The number of hydrogen-bond donors (Lipinski definition) is 2. The van der Waals surface area contributed by atoms with Crippen molar-refractivity contribution in [2.45, 2.75) is 12.6 Å². The highest BCUT2D eigenvalue weighted by molar-refractivity contribution is 6.06. The summed E-state index contributed by atoms with van der Waals surface area (Å²) in [4.78, 5) is 50.2. The van der Waals surface area contributed by atoms with Crippen LogP contribution in [0, 0.1) is 33.8 Å². The lowest BCUT2D eigenvalue weighted by molar-refractivity contribution is -0.384. The van der Waals surface area contributed by atoms with Crippen molar-refractivity contribution in [2.24, 2.45) is 23.7 Å². The monoisotopic (exact) mass is 514 g/mol. The Bertz CT molecular complexity index is 1310. The van der Waals surface area contributed by atoms with Gasteiger partial charge in [-0.1, -0.05) is 18.2 Å². The number of nitro benzene ring substituents is 1. The van der Waals surface area contributed by atoms with Crippen molar-refractivity contribution in [3.8, 4) is 0 Å². The molecule has 192 valence electrons. The van der Waals surface area contributed by atoms with Gasteiger partial charge in [0.05, 0.1) is 22.3 Å². The number of fused-ring (bicyclic) bond motifs is 5. The van der Waals surface area contributed by atoms with Gasteiger partial charge in [-0.2, -0.15) is 13.2 Å². The Morgan fingerprint density at radius 1 is 1.05 bits per heavy atom. The van der Waals surface area contributed by atoms with Crippen LogP contribution in [0.4, 0.5) is 30.2 Å². The number of rotatable bonds is 7. The van der Waals surface area contributed by atoms with E-state index in [2.05, 4.69) is 10.6 Å². The summed E-state index contributed by atoms with van der Waals surface area (Å²) in [5.41, 5.74) is -1.55. The van der Waals surface area contributed by atoms with Crippen LogP contribution in [0.25, 0.3) is 0 Å². The predicted octanol–water partition coefficient (Wildman–Crippen LogP) is 4.08. The van der Waals surface area contributed by atoms with E-state index in [1.165, 1.54) is 23.1 Å². The summed E-state index contributed by atoms with van der Waals surface area (Å²) >= 11 is 0. The van der Waals surface area contributed by atoms with Gasteiger partial charge in [0.15, 0.2) is 0 Å². The molecule has 1 saturated heterocycles. The first-order chi connectivity index (χ1) is 17.5. The molecule has 2 aromatic rings. The van der Waals surface area contributed by atoms with Crippen molar-refractivity contribution in [3.63, 3.8) is 0 Å². The van der Waals surface area contributed by atoms with Gasteiger partial charge in [-0.05, 0) is 48.6 Å². The smallest absolute Gasteiger partial charge is 0.378 e. The molecule has 12 heteroatoms. The quantitative estimate of drug-likeness (QED) is 0.249. The van der Waals surface area contributed by atoms with Gasteiger partial charge in [0.25, 0.3) is 11.6 Å². The Morgan fingerprint density at radius 2 is 1.73 bits per heavy atom. The van der Waals surface area contributed by atoms with Crippen molar-refractivity contribution < 1.29 is 32.5 Å². The molecular formula is C25H21F3N4O5. The van der Waals surface area contributed by atoms with E-state index in [0.29, 0.717) is 0 Å². The Kier molecular flexibility index (Phi) is 5.97. The number of nitrogens with zero attached hydrogens (tertiary/aromatic N) is 2. The molecule has 0 spiro atoms. The van der Waals surface area contributed by atoms with E-state index in [-0.39, 0.29) is 65.5 Å². The fourth-order valence-corrected chi connectivity index (χ4v) is 5.44. The van der Waals surface area contributed by atoms with Crippen molar-refractivity contribution in [3.05, 3.63) is 75.9 Å². The Balaban J connectivity index is 1.24. The van der Waals surface area contributed by atoms with Gasteiger partial charge in [0.1, 0.15) is 5.69 Å². The summed E-state index contributed by atoms with van der Waals surface area (Å²) in [6.07, 6.45) is 0.213. The normalized spacial score (nSPS) is 23.9. The number of carbonyl (C=O) groups is 3. The second-order valence-corrected chi connectivity index (χ2v) is 9.28. The minimum absolute atomic E-state index is 0.0407. The van der Waals surface area contributed by atoms with Crippen LogP contribution in [0.5, 0.6) is 0 Å². The van der Waals surface area contributed by atoms with E-state index >= 15 is 0 Å². The minimum Gasteiger partial charge on any atom is -0.378 e. The molecule has 1 heterocycles. The first-order valence-corrected chi connectivity index (χ1v) is 11.6. The van der Waals surface area contributed by atoms with E-state index in [4.69, 9.17) is 0 Å². The molecule has 3 aliphatic rings. The van der Waals surface area contributed by atoms with E-state index in [1.54, 1.807) is 0 Å². The molecule has 4 atom stereocenters. The molecule has 2 aliphatic carbocycles. The van der Waals surface area contributed by atoms with Crippen LogP contribution in [0.15, 0.2) is 54.6 Å². The maximum atomic E-state index is 12.9. The lowest BCUT2D eigenvalue weighted by atomic mass is 9.85.